The second-order valence-electron chi connectivity index (χ2n) is 1.19. The predicted octanol–water partition coefficient (Wildman–Crippen LogP) is -0.0902. The zero-order valence-corrected chi connectivity index (χ0v) is 5.56. The summed E-state index contributed by atoms with van der Waals surface area (Å²) in [6.07, 6.45) is 0.572. The Bertz CT molecular complexity index is 72.1. The molecule has 0 aromatic heterocycles. The minimum absolute atomic E-state index is 0.479. The van der Waals surface area contributed by atoms with Crippen LogP contribution in [0, 0.1) is 0 Å². The Labute approximate surface area is 50.7 Å². The van der Waals surface area contributed by atoms with Gasteiger partial charge in [-0.05, 0) is 6.42 Å². The molecule has 0 aromatic carbocycles. The average molecular weight is 166 g/mol. The molecule has 2 nitrogen and oxygen atoms in total. The van der Waals surface area contributed by atoms with E-state index < -0.39 is 10.8 Å². The van der Waals surface area contributed by atoms with Crippen molar-refractivity contribution < 1.29 is 9.90 Å². The fraction of sp³-hybridized carbons (Fsp3) is 0.750. The van der Waals surface area contributed by atoms with E-state index in [4.69, 9.17) is 0 Å². The summed E-state index contributed by atoms with van der Waals surface area (Å²) >= 11 is 2.88. The Kier molecular flexibility index (Phi) is 3.00. The molecule has 42 valence electrons. The van der Waals surface area contributed by atoms with Crippen LogP contribution in [-0.4, -0.2) is 10.8 Å². The first-order valence-corrected chi connectivity index (χ1v) is 2.95. The number of halogens is 1. The monoisotopic (exact) mass is 165 g/mol. The third kappa shape index (κ3) is 2.62. The summed E-state index contributed by atoms with van der Waals surface area (Å²) in [7, 11) is 0. The lowest BCUT2D eigenvalue weighted by atomic mass is 10.3. The van der Waals surface area contributed by atoms with Crippen LogP contribution in [0.4, 0.5) is 0 Å². The molecule has 0 radical (unpaired) electrons. The lowest BCUT2D eigenvalue weighted by Crippen LogP contribution is -2.30. The Hall–Kier alpha value is -0.0500. The standard InChI is InChI=1S/C4H7BrO2/c1-2-3(5)4(6)7/h3H,2H2,1H3,(H,6,7)/p-1/t3-/m1/s1. The van der Waals surface area contributed by atoms with Crippen LogP contribution in [0.2, 0.25) is 0 Å². The topological polar surface area (TPSA) is 40.1 Å². The molecule has 3 heteroatoms. The van der Waals surface area contributed by atoms with E-state index in [0.29, 0.717) is 6.42 Å². The van der Waals surface area contributed by atoms with E-state index in [2.05, 4.69) is 15.9 Å². The summed E-state index contributed by atoms with van der Waals surface area (Å²) in [5.74, 6) is -1.04. The second kappa shape index (κ2) is 3.02. The van der Waals surface area contributed by atoms with Gasteiger partial charge in [-0.15, -0.1) is 0 Å². The molecule has 0 heterocycles. The molecule has 0 unspecified atom stereocenters. The highest BCUT2D eigenvalue weighted by Gasteiger charge is 1.97. The largest absolute Gasteiger partial charge is 0.549 e. The molecule has 0 spiro atoms. The van der Waals surface area contributed by atoms with Gasteiger partial charge in [0.25, 0.3) is 0 Å². The first kappa shape index (κ1) is 6.95. The predicted molar refractivity (Wildman–Crippen MR) is 28.0 cm³/mol. The van der Waals surface area contributed by atoms with Crippen LogP contribution < -0.4 is 5.11 Å². The van der Waals surface area contributed by atoms with Gasteiger partial charge < -0.3 is 9.90 Å². The quantitative estimate of drug-likeness (QED) is 0.537. The molecule has 0 aliphatic rings. The lowest BCUT2D eigenvalue weighted by Gasteiger charge is -2.04. The van der Waals surface area contributed by atoms with Gasteiger partial charge in [0.05, 0.1) is 10.8 Å². The van der Waals surface area contributed by atoms with E-state index in [1.165, 1.54) is 0 Å². The number of rotatable bonds is 2. The van der Waals surface area contributed by atoms with Crippen molar-refractivity contribution in [2.24, 2.45) is 0 Å². The van der Waals surface area contributed by atoms with Crippen molar-refractivity contribution in [2.45, 2.75) is 18.2 Å². The van der Waals surface area contributed by atoms with Gasteiger partial charge in [-0.1, -0.05) is 22.9 Å². The lowest BCUT2D eigenvalue weighted by molar-refractivity contribution is -0.304. The van der Waals surface area contributed by atoms with E-state index in [9.17, 15) is 9.90 Å². The zero-order valence-electron chi connectivity index (χ0n) is 3.98. The number of carboxylic acid groups (broad SMARTS) is 1. The van der Waals surface area contributed by atoms with E-state index in [0.717, 1.165) is 0 Å². The zero-order chi connectivity index (χ0) is 5.86. The normalized spacial score (nSPS) is 13.4. The molecule has 0 saturated heterocycles. The maximum atomic E-state index is 9.77. The van der Waals surface area contributed by atoms with Gasteiger partial charge in [0.15, 0.2) is 0 Å². The number of carbonyl (C=O) groups excluding carboxylic acids is 1. The molecule has 0 amide bonds. The van der Waals surface area contributed by atoms with Crippen molar-refractivity contribution in [1.82, 2.24) is 0 Å². The van der Waals surface area contributed by atoms with Gasteiger partial charge in [-0.25, -0.2) is 0 Å². The molecule has 0 aliphatic heterocycles. The minimum atomic E-state index is -1.04. The molecule has 0 rings (SSSR count). The van der Waals surface area contributed by atoms with Crippen molar-refractivity contribution in [2.75, 3.05) is 0 Å². The summed E-state index contributed by atoms with van der Waals surface area (Å²) in [4.78, 5) is 9.29. The highest BCUT2D eigenvalue weighted by Crippen LogP contribution is 2.00. The van der Waals surface area contributed by atoms with Crippen molar-refractivity contribution in [3.8, 4) is 0 Å². The number of carbonyl (C=O) groups is 1. The minimum Gasteiger partial charge on any atom is -0.549 e. The first-order chi connectivity index (χ1) is 3.18. The molecule has 1 atom stereocenters. The SMILES string of the molecule is CC[C@@H](Br)C(=O)[O-]. The number of hydrogen-bond acceptors (Lipinski definition) is 2. The number of hydrogen-bond donors (Lipinski definition) is 0. The van der Waals surface area contributed by atoms with Gasteiger partial charge >= 0.3 is 0 Å². The fourth-order valence-electron chi connectivity index (χ4n) is 0.167. The number of aliphatic carboxylic acids is 1. The van der Waals surface area contributed by atoms with E-state index in [1.54, 1.807) is 6.92 Å². The maximum Gasteiger partial charge on any atom is 0.0551 e. The third-order valence-electron chi connectivity index (χ3n) is 0.614. The van der Waals surface area contributed by atoms with Crippen LogP contribution >= 0.6 is 15.9 Å². The van der Waals surface area contributed by atoms with E-state index in [1.807, 2.05) is 0 Å². The van der Waals surface area contributed by atoms with Crippen LogP contribution in [0.3, 0.4) is 0 Å². The third-order valence-corrected chi connectivity index (χ3v) is 1.64. The molecule has 0 bridgehead atoms. The van der Waals surface area contributed by atoms with Gasteiger partial charge in [-0.3, -0.25) is 0 Å². The Morgan fingerprint density at radius 3 is 2.43 bits per heavy atom. The highest BCUT2D eigenvalue weighted by molar-refractivity contribution is 9.10. The van der Waals surface area contributed by atoms with Crippen LogP contribution in [-0.2, 0) is 4.79 Å². The first-order valence-electron chi connectivity index (χ1n) is 2.03. The number of carboxylic acids is 1. The van der Waals surface area contributed by atoms with Crippen molar-refractivity contribution in [3.05, 3.63) is 0 Å². The highest BCUT2D eigenvalue weighted by atomic mass is 79.9. The van der Waals surface area contributed by atoms with Gasteiger partial charge in [0.2, 0.25) is 0 Å². The van der Waals surface area contributed by atoms with Crippen LogP contribution in [0.25, 0.3) is 0 Å². The van der Waals surface area contributed by atoms with Crippen molar-refractivity contribution in [1.29, 1.82) is 0 Å². The van der Waals surface area contributed by atoms with Crippen LogP contribution in [0.5, 0.6) is 0 Å². The second-order valence-corrected chi connectivity index (χ2v) is 2.30. The maximum absolute atomic E-state index is 9.77. The average Bonchev–Trinajstić information content (AvgIpc) is 1.65. The fourth-order valence-corrected chi connectivity index (χ4v) is 0.167. The smallest absolute Gasteiger partial charge is 0.0551 e. The Balaban J connectivity index is 3.34. The van der Waals surface area contributed by atoms with Gasteiger partial charge in [0, 0.05) is 0 Å². The summed E-state index contributed by atoms with van der Waals surface area (Å²) < 4.78 is 0. The molecule has 0 fully saturated rings. The van der Waals surface area contributed by atoms with Crippen LogP contribution in [0.15, 0.2) is 0 Å². The summed E-state index contributed by atoms with van der Waals surface area (Å²) in [6.45, 7) is 1.77. The number of alkyl halides is 1. The Morgan fingerprint density at radius 1 is 2.00 bits per heavy atom. The molecule has 0 aliphatic carbocycles. The molecule has 0 saturated carbocycles. The molecular formula is C4H6BrO2-. The summed E-state index contributed by atoms with van der Waals surface area (Å²) in [6, 6.07) is 0. The van der Waals surface area contributed by atoms with E-state index >= 15 is 0 Å². The molecule has 7 heavy (non-hydrogen) atoms. The molecule has 0 N–H and O–H groups in total. The van der Waals surface area contributed by atoms with Crippen LogP contribution in [0.1, 0.15) is 13.3 Å². The molecular weight excluding hydrogens is 160 g/mol. The van der Waals surface area contributed by atoms with Gasteiger partial charge in [-0.2, -0.15) is 0 Å². The Morgan fingerprint density at radius 2 is 2.43 bits per heavy atom. The van der Waals surface area contributed by atoms with Gasteiger partial charge in [0.1, 0.15) is 0 Å². The van der Waals surface area contributed by atoms with Crippen molar-refractivity contribution >= 4 is 21.9 Å². The summed E-state index contributed by atoms with van der Waals surface area (Å²) in [5.41, 5.74) is 0. The van der Waals surface area contributed by atoms with E-state index in [-0.39, 0.29) is 0 Å². The molecule has 0 aromatic rings. The van der Waals surface area contributed by atoms with Crippen molar-refractivity contribution in [3.63, 3.8) is 0 Å². The summed E-state index contributed by atoms with van der Waals surface area (Å²) in [5, 5.41) is 9.77.